The molecular weight excluding hydrogens is 248 g/mol. The standard InChI is InChI=1S/C13H16N2O2S/c1-9-12(16)14-6-2-5-11(14)13(17)15(9)8-10-4-3-7-18-10/h3-4,7,9,11H,2,5-6,8H2,1H3. The Labute approximate surface area is 110 Å². The molecule has 0 saturated carbocycles. The van der Waals surface area contributed by atoms with Gasteiger partial charge >= 0.3 is 0 Å². The van der Waals surface area contributed by atoms with E-state index in [0.717, 1.165) is 24.3 Å². The molecular formula is C13H16N2O2S. The van der Waals surface area contributed by atoms with Crippen molar-refractivity contribution in [3.05, 3.63) is 22.4 Å². The first-order valence-electron chi connectivity index (χ1n) is 6.32. The van der Waals surface area contributed by atoms with E-state index < -0.39 is 0 Å². The number of carbonyl (C=O) groups is 2. The van der Waals surface area contributed by atoms with Gasteiger partial charge in [-0.15, -0.1) is 11.3 Å². The molecule has 0 spiro atoms. The molecule has 5 heteroatoms. The van der Waals surface area contributed by atoms with E-state index in [1.54, 1.807) is 21.1 Å². The van der Waals surface area contributed by atoms with Crippen LogP contribution in [0.5, 0.6) is 0 Å². The lowest BCUT2D eigenvalue weighted by molar-refractivity contribution is -0.159. The average molecular weight is 264 g/mol. The van der Waals surface area contributed by atoms with Gasteiger partial charge in [-0.2, -0.15) is 0 Å². The SMILES string of the molecule is CC1C(=O)N2CCCC2C(=O)N1Cc1cccs1. The van der Waals surface area contributed by atoms with Gasteiger partial charge in [-0.3, -0.25) is 9.59 Å². The van der Waals surface area contributed by atoms with Crippen molar-refractivity contribution < 1.29 is 9.59 Å². The van der Waals surface area contributed by atoms with Crippen molar-refractivity contribution in [2.75, 3.05) is 6.54 Å². The zero-order valence-corrected chi connectivity index (χ0v) is 11.2. The molecule has 2 saturated heterocycles. The minimum atomic E-state index is -0.325. The molecule has 0 aliphatic carbocycles. The summed E-state index contributed by atoms with van der Waals surface area (Å²) in [5.41, 5.74) is 0. The molecule has 2 aliphatic rings. The highest BCUT2D eigenvalue weighted by Gasteiger charge is 2.45. The summed E-state index contributed by atoms with van der Waals surface area (Å²) < 4.78 is 0. The highest BCUT2D eigenvalue weighted by atomic mass is 32.1. The number of amides is 2. The zero-order valence-electron chi connectivity index (χ0n) is 10.3. The summed E-state index contributed by atoms with van der Waals surface area (Å²) in [5.74, 6) is 0.224. The maximum Gasteiger partial charge on any atom is 0.246 e. The second-order valence-corrected chi connectivity index (χ2v) is 5.94. The monoisotopic (exact) mass is 264 g/mol. The van der Waals surface area contributed by atoms with Gasteiger partial charge in [-0.25, -0.2) is 0 Å². The van der Waals surface area contributed by atoms with E-state index in [1.165, 1.54) is 0 Å². The smallest absolute Gasteiger partial charge is 0.246 e. The van der Waals surface area contributed by atoms with Crippen LogP contribution in [0.3, 0.4) is 0 Å². The van der Waals surface area contributed by atoms with Crippen LogP contribution in [0, 0.1) is 0 Å². The maximum atomic E-state index is 12.4. The summed E-state index contributed by atoms with van der Waals surface area (Å²) in [6, 6.07) is 3.46. The molecule has 2 fully saturated rings. The number of carbonyl (C=O) groups excluding carboxylic acids is 2. The molecule has 0 aromatic carbocycles. The average Bonchev–Trinajstić information content (AvgIpc) is 3.02. The Hall–Kier alpha value is -1.36. The van der Waals surface area contributed by atoms with E-state index in [1.807, 2.05) is 24.4 Å². The number of nitrogens with zero attached hydrogens (tertiary/aromatic N) is 2. The van der Waals surface area contributed by atoms with Crippen LogP contribution in [-0.4, -0.2) is 40.2 Å². The van der Waals surface area contributed by atoms with Crippen LogP contribution in [-0.2, 0) is 16.1 Å². The number of thiophene rings is 1. The van der Waals surface area contributed by atoms with Crippen molar-refractivity contribution in [1.82, 2.24) is 9.80 Å². The Morgan fingerprint density at radius 3 is 2.94 bits per heavy atom. The molecule has 2 atom stereocenters. The van der Waals surface area contributed by atoms with Crippen LogP contribution < -0.4 is 0 Å². The molecule has 18 heavy (non-hydrogen) atoms. The van der Waals surface area contributed by atoms with Crippen molar-refractivity contribution in [1.29, 1.82) is 0 Å². The first-order valence-corrected chi connectivity index (χ1v) is 7.20. The van der Waals surface area contributed by atoms with E-state index >= 15 is 0 Å². The van der Waals surface area contributed by atoms with Gasteiger partial charge in [0.2, 0.25) is 11.8 Å². The maximum absolute atomic E-state index is 12.4. The van der Waals surface area contributed by atoms with Crippen LogP contribution >= 0.6 is 11.3 Å². The zero-order chi connectivity index (χ0) is 12.7. The fourth-order valence-electron chi connectivity index (χ4n) is 2.83. The van der Waals surface area contributed by atoms with Gasteiger partial charge in [0.1, 0.15) is 12.1 Å². The molecule has 96 valence electrons. The van der Waals surface area contributed by atoms with E-state index in [0.29, 0.717) is 6.54 Å². The van der Waals surface area contributed by atoms with Gasteiger partial charge in [0.15, 0.2) is 0 Å². The fraction of sp³-hybridized carbons (Fsp3) is 0.538. The second-order valence-electron chi connectivity index (χ2n) is 4.91. The van der Waals surface area contributed by atoms with Crippen LogP contribution in [0.25, 0.3) is 0 Å². The lowest BCUT2D eigenvalue weighted by Crippen LogP contribution is -2.61. The van der Waals surface area contributed by atoms with E-state index in [9.17, 15) is 9.59 Å². The fourth-order valence-corrected chi connectivity index (χ4v) is 3.53. The highest BCUT2D eigenvalue weighted by Crippen LogP contribution is 2.28. The molecule has 2 aliphatic heterocycles. The molecule has 4 nitrogen and oxygen atoms in total. The first kappa shape index (κ1) is 11.7. The summed E-state index contributed by atoms with van der Waals surface area (Å²) in [6.45, 7) is 3.14. The third-order valence-electron chi connectivity index (χ3n) is 3.84. The topological polar surface area (TPSA) is 40.6 Å². The summed E-state index contributed by atoms with van der Waals surface area (Å²) in [5, 5.41) is 2.00. The lowest BCUT2D eigenvalue weighted by atomic mass is 10.1. The molecule has 3 rings (SSSR count). The minimum Gasteiger partial charge on any atom is -0.329 e. The summed E-state index contributed by atoms with van der Waals surface area (Å²) in [4.78, 5) is 29.3. The first-order chi connectivity index (χ1) is 8.68. The number of rotatable bonds is 2. The van der Waals surface area contributed by atoms with Crippen molar-refractivity contribution in [2.24, 2.45) is 0 Å². The van der Waals surface area contributed by atoms with Gasteiger partial charge in [0.05, 0.1) is 6.54 Å². The molecule has 2 amide bonds. The summed E-state index contributed by atoms with van der Waals surface area (Å²) in [7, 11) is 0. The van der Waals surface area contributed by atoms with Crippen molar-refractivity contribution in [3.63, 3.8) is 0 Å². The Bertz CT molecular complexity index is 471. The molecule has 1 aromatic heterocycles. The molecule has 0 N–H and O–H groups in total. The third kappa shape index (κ3) is 1.73. The van der Waals surface area contributed by atoms with Gasteiger partial charge in [-0.05, 0) is 31.2 Å². The number of hydrogen-bond acceptors (Lipinski definition) is 3. The Kier molecular flexibility index (Phi) is 2.86. The molecule has 0 bridgehead atoms. The Morgan fingerprint density at radius 2 is 2.22 bits per heavy atom. The molecule has 3 heterocycles. The molecule has 0 radical (unpaired) electrons. The number of hydrogen-bond donors (Lipinski definition) is 0. The van der Waals surface area contributed by atoms with Crippen LogP contribution in [0.1, 0.15) is 24.6 Å². The van der Waals surface area contributed by atoms with Crippen molar-refractivity contribution >= 4 is 23.2 Å². The van der Waals surface area contributed by atoms with Crippen molar-refractivity contribution in [2.45, 2.75) is 38.4 Å². The lowest BCUT2D eigenvalue weighted by Gasteiger charge is -2.40. The third-order valence-corrected chi connectivity index (χ3v) is 4.70. The predicted molar refractivity (Wildman–Crippen MR) is 69.1 cm³/mol. The predicted octanol–water partition coefficient (Wildman–Crippen LogP) is 1.47. The largest absolute Gasteiger partial charge is 0.329 e. The molecule has 1 aromatic rings. The van der Waals surface area contributed by atoms with E-state index in [4.69, 9.17) is 0 Å². The van der Waals surface area contributed by atoms with Gasteiger partial charge in [0.25, 0.3) is 0 Å². The second kappa shape index (κ2) is 4.39. The minimum absolute atomic E-state index is 0.105. The van der Waals surface area contributed by atoms with Crippen molar-refractivity contribution in [3.8, 4) is 0 Å². The quantitative estimate of drug-likeness (QED) is 0.811. The normalized spacial score (nSPS) is 27.8. The number of fused-ring (bicyclic) bond motifs is 1. The number of piperazine rings is 1. The molecule has 2 unspecified atom stereocenters. The van der Waals surface area contributed by atoms with Crippen LogP contribution in [0.4, 0.5) is 0 Å². The van der Waals surface area contributed by atoms with E-state index in [2.05, 4.69) is 0 Å². The van der Waals surface area contributed by atoms with Crippen LogP contribution in [0.2, 0.25) is 0 Å². The Balaban J connectivity index is 1.84. The van der Waals surface area contributed by atoms with Gasteiger partial charge in [0, 0.05) is 11.4 Å². The Morgan fingerprint density at radius 1 is 1.39 bits per heavy atom. The van der Waals surface area contributed by atoms with Gasteiger partial charge < -0.3 is 9.80 Å². The van der Waals surface area contributed by atoms with E-state index in [-0.39, 0.29) is 23.9 Å². The van der Waals surface area contributed by atoms with Gasteiger partial charge in [-0.1, -0.05) is 6.07 Å². The van der Waals surface area contributed by atoms with Crippen LogP contribution in [0.15, 0.2) is 17.5 Å². The highest BCUT2D eigenvalue weighted by molar-refractivity contribution is 7.09. The summed E-state index contributed by atoms with van der Waals surface area (Å²) in [6.07, 6.45) is 1.76. The summed E-state index contributed by atoms with van der Waals surface area (Å²) >= 11 is 1.63.